The Labute approximate surface area is 110 Å². The van der Waals surface area contributed by atoms with E-state index in [0.29, 0.717) is 0 Å². The highest BCUT2D eigenvalue weighted by Gasteiger charge is 2.09. The largest absolute Gasteiger partial charge is 0.504 e. The molecule has 0 saturated heterocycles. The van der Waals surface area contributed by atoms with Crippen molar-refractivity contribution >= 4 is 11.8 Å². The van der Waals surface area contributed by atoms with Crippen molar-refractivity contribution in [2.75, 3.05) is 5.75 Å². The topological polar surface area (TPSA) is 53.6 Å². The predicted octanol–water partition coefficient (Wildman–Crippen LogP) is 3.59. The molecular weight excluding hydrogens is 248 g/mol. The monoisotopic (exact) mass is 264 g/mol. The van der Waals surface area contributed by atoms with E-state index in [4.69, 9.17) is 4.42 Å². The van der Waals surface area contributed by atoms with E-state index in [2.05, 4.69) is 0 Å². The molecule has 18 heavy (non-hydrogen) atoms. The molecule has 0 aliphatic heterocycles. The summed E-state index contributed by atoms with van der Waals surface area (Å²) in [6.07, 6.45) is 3.29. The summed E-state index contributed by atoms with van der Waals surface area (Å²) in [5, 5.41) is 19.4. The van der Waals surface area contributed by atoms with Gasteiger partial charge in [0.2, 0.25) is 0 Å². The van der Waals surface area contributed by atoms with Gasteiger partial charge < -0.3 is 14.6 Å². The number of furan rings is 1. The van der Waals surface area contributed by atoms with E-state index in [9.17, 15) is 10.2 Å². The van der Waals surface area contributed by atoms with E-state index in [1.165, 1.54) is 11.8 Å². The molecule has 0 aliphatic carbocycles. The standard InChI is InChI=1S/C14H16O3S/c1-2-10-8-12(15)14(16)13(9-10)18-7-5-11-4-3-6-17-11/h3-4,6,8-9,15-16H,2,5,7H2,1H3. The summed E-state index contributed by atoms with van der Waals surface area (Å²) < 4.78 is 5.25. The predicted molar refractivity (Wildman–Crippen MR) is 72.3 cm³/mol. The first-order valence-electron chi connectivity index (χ1n) is 5.90. The van der Waals surface area contributed by atoms with Gasteiger partial charge in [0.25, 0.3) is 0 Å². The van der Waals surface area contributed by atoms with Crippen LogP contribution >= 0.6 is 11.8 Å². The Morgan fingerprint density at radius 2 is 2.11 bits per heavy atom. The van der Waals surface area contributed by atoms with E-state index in [-0.39, 0.29) is 11.5 Å². The maximum Gasteiger partial charge on any atom is 0.171 e. The van der Waals surface area contributed by atoms with Crippen LogP contribution in [-0.2, 0) is 12.8 Å². The van der Waals surface area contributed by atoms with Crippen LogP contribution in [0.3, 0.4) is 0 Å². The number of phenolic OH excluding ortho intramolecular Hbond substituents is 2. The van der Waals surface area contributed by atoms with Gasteiger partial charge in [0.1, 0.15) is 5.76 Å². The molecule has 0 saturated carbocycles. The maximum absolute atomic E-state index is 9.78. The van der Waals surface area contributed by atoms with E-state index in [0.717, 1.165) is 34.8 Å². The van der Waals surface area contributed by atoms with Crippen LogP contribution in [0, 0.1) is 0 Å². The highest BCUT2D eigenvalue weighted by Crippen LogP contribution is 2.37. The van der Waals surface area contributed by atoms with Crippen LogP contribution < -0.4 is 0 Å². The molecule has 0 bridgehead atoms. The zero-order chi connectivity index (χ0) is 13.0. The van der Waals surface area contributed by atoms with E-state index in [1.54, 1.807) is 12.3 Å². The zero-order valence-corrected chi connectivity index (χ0v) is 11.0. The van der Waals surface area contributed by atoms with Gasteiger partial charge in [-0.25, -0.2) is 0 Å². The lowest BCUT2D eigenvalue weighted by Gasteiger charge is -2.08. The smallest absolute Gasteiger partial charge is 0.171 e. The molecule has 2 N–H and O–H groups in total. The highest BCUT2D eigenvalue weighted by atomic mass is 32.2. The lowest BCUT2D eigenvalue weighted by atomic mass is 10.1. The normalized spacial score (nSPS) is 10.7. The molecule has 1 aromatic heterocycles. The van der Waals surface area contributed by atoms with E-state index >= 15 is 0 Å². The van der Waals surface area contributed by atoms with Gasteiger partial charge >= 0.3 is 0 Å². The van der Waals surface area contributed by atoms with Crippen LogP contribution in [0.5, 0.6) is 11.5 Å². The van der Waals surface area contributed by atoms with Crippen molar-refractivity contribution in [3.63, 3.8) is 0 Å². The zero-order valence-electron chi connectivity index (χ0n) is 10.2. The number of aromatic hydroxyl groups is 2. The molecule has 0 unspecified atom stereocenters. The van der Waals surface area contributed by atoms with Crippen LogP contribution in [0.25, 0.3) is 0 Å². The summed E-state index contributed by atoms with van der Waals surface area (Å²) >= 11 is 1.52. The molecule has 0 atom stereocenters. The fourth-order valence-corrected chi connectivity index (χ4v) is 2.68. The summed E-state index contributed by atoms with van der Waals surface area (Å²) in [5.41, 5.74) is 1.02. The van der Waals surface area contributed by atoms with Gasteiger partial charge in [-0.15, -0.1) is 11.8 Å². The molecule has 1 aromatic carbocycles. The Bertz CT molecular complexity index is 506. The minimum atomic E-state index is -0.0464. The van der Waals surface area contributed by atoms with Crippen LogP contribution in [0.15, 0.2) is 39.8 Å². The average Bonchev–Trinajstić information content (AvgIpc) is 2.87. The average molecular weight is 264 g/mol. The fourth-order valence-electron chi connectivity index (χ4n) is 1.68. The third-order valence-corrected chi connectivity index (χ3v) is 3.74. The lowest BCUT2D eigenvalue weighted by Crippen LogP contribution is -1.88. The summed E-state index contributed by atoms with van der Waals surface area (Å²) in [7, 11) is 0. The van der Waals surface area contributed by atoms with E-state index in [1.807, 2.05) is 25.1 Å². The quantitative estimate of drug-likeness (QED) is 0.640. The molecule has 2 rings (SSSR count). The van der Waals surface area contributed by atoms with Crippen LogP contribution in [-0.4, -0.2) is 16.0 Å². The lowest BCUT2D eigenvalue weighted by molar-refractivity contribution is 0.394. The number of hydrogen-bond acceptors (Lipinski definition) is 4. The second-order valence-corrected chi connectivity index (χ2v) is 5.13. The number of hydrogen-bond donors (Lipinski definition) is 2. The minimum Gasteiger partial charge on any atom is -0.504 e. The number of benzene rings is 1. The van der Waals surface area contributed by atoms with Crippen molar-refractivity contribution in [2.45, 2.75) is 24.7 Å². The third kappa shape index (κ3) is 3.01. The van der Waals surface area contributed by atoms with Crippen molar-refractivity contribution in [3.8, 4) is 11.5 Å². The Kier molecular flexibility index (Phi) is 4.20. The fraction of sp³-hybridized carbons (Fsp3) is 0.286. The summed E-state index contributed by atoms with van der Waals surface area (Å²) in [6.45, 7) is 2.02. The molecule has 0 spiro atoms. The molecule has 0 aliphatic rings. The molecule has 0 fully saturated rings. The van der Waals surface area contributed by atoms with E-state index < -0.39 is 0 Å². The molecule has 0 amide bonds. The van der Waals surface area contributed by atoms with Gasteiger partial charge in [-0.2, -0.15) is 0 Å². The van der Waals surface area contributed by atoms with Gasteiger partial charge in [0.05, 0.1) is 11.2 Å². The molecule has 0 radical (unpaired) electrons. The maximum atomic E-state index is 9.78. The van der Waals surface area contributed by atoms with Gasteiger partial charge in [-0.05, 0) is 36.2 Å². The van der Waals surface area contributed by atoms with Crippen molar-refractivity contribution in [3.05, 3.63) is 41.9 Å². The van der Waals surface area contributed by atoms with Crippen molar-refractivity contribution in [2.24, 2.45) is 0 Å². The first kappa shape index (κ1) is 12.9. The Balaban J connectivity index is 2.02. The van der Waals surface area contributed by atoms with Crippen LogP contribution in [0.4, 0.5) is 0 Å². The first-order chi connectivity index (χ1) is 8.70. The molecule has 2 aromatic rings. The van der Waals surface area contributed by atoms with Crippen molar-refractivity contribution in [1.82, 2.24) is 0 Å². The number of thioether (sulfide) groups is 1. The summed E-state index contributed by atoms with van der Waals surface area (Å²) in [4.78, 5) is 0.721. The third-order valence-electron chi connectivity index (χ3n) is 2.71. The summed E-state index contributed by atoms with van der Waals surface area (Å²) in [5.74, 6) is 1.65. The van der Waals surface area contributed by atoms with Gasteiger partial charge in [0, 0.05) is 12.2 Å². The molecular formula is C14H16O3S. The van der Waals surface area contributed by atoms with Gasteiger partial charge in [-0.3, -0.25) is 0 Å². The Hall–Kier alpha value is -1.55. The molecule has 4 heteroatoms. The highest BCUT2D eigenvalue weighted by molar-refractivity contribution is 7.99. The molecule has 1 heterocycles. The number of aryl methyl sites for hydroxylation is 2. The van der Waals surface area contributed by atoms with Gasteiger partial charge in [-0.1, -0.05) is 6.92 Å². The Morgan fingerprint density at radius 1 is 1.28 bits per heavy atom. The van der Waals surface area contributed by atoms with Gasteiger partial charge in [0.15, 0.2) is 11.5 Å². The number of phenols is 2. The van der Waals surface area contributed by atoms with Crippen molar-refractivity contribution in [1.29, 1.82) is 0 Å². The number of rotatable bonds is 5. The molecule has 96 valence electrons. The first-order valence-corrected chi connectivity index (χ1v) is 6.89. The minimum absolute atomic E-state index is 0.0309. The summed E-state index contributed by atoms with van der Waals surface area (Å²) in [6, 6.07) is 7.31. The Morgan fingerprint density at radius 3 is 2.78 bits per heavy atom. The second kappa shape index (κ2) is 5.87. The van der Waals surface area contributed by atoms with Crippen molar-refractivity contribution < 1.29 is 14.6 Å². The second-order valence-electron chi connectivity index (χ2n) is 3.99. The SMILES string of the molecule is CCc1cc(O)c(O)c(SCCc2ccco2)c1. The molecule has 3 nitrogen and oxygen atoms in total. The van der Waals surface area contributed by atoms with Crippen LogP contribution in [0.2, 0.25) is 0 Å². The van der Waals surface area contributed by atoms with Crippen LogP contribution in [0.1, 0.15) is 18.2 Å².